The van der Waals surface area contributed by atoms with E-state index in [9.17, 15) is 27.2 Å². The highest BCUT2D eigenvalue weighted by molar-refractivity contribution is 6.01. The summed E-state index contributed by atoms with van der Waals surface area (Å²) in [4.78, 5) is 36.7. The van der Waals surface area contributed by atoms with E-state index in [1.54, 1.807) is 13.0 Å². The van der Waals surface area contributed by atoms with Crippen LogP contribution >= 0.6 is 0 Å². The van der Waals surface area contributed by atoms with Crippen LogP contribution in [-0.2, 0) is 22.3 Å². The van der Waals surface area contributed by atoms with Crippen molar-refractivity contribution in [2.24, 2.45) is 0 Å². The van der Waals surface area contributed by atoms with E-state index in [-0.39, 0.29) is 41.6 Å². The van der Waals surface area contributed by atoms with Gasteiger partial charge in [0.05, 0.1) is 35.9 Å². The Morgan fingerprint density at radius 2 is 1.73 bits per heavy atom. The van der Waals surface area contributed by atoms with Gasteiger partial charge in [0, 0.05) is 44.7 Å². The fourth-order valence-corrected chi connectivity index (χ4v) is 4.45. The zero-order chi connectivity index (χ0) is 28.9. The predicted octanol–water partition coefficient (Wildman–Crippen LogP) is 4.69. The maximum absolute atomic E-state index is 14.9. The molecular weight excluding hydrogens is 532 g/mol. The molecule has 0 atom stereocenters. The van der Waals surface area contributed by atoms with Crippen molar-refractivity contribution < 1.29 is 31.9 Å². The molecule has 0 saturated carbocycles. The van der Waals surface area contributed by atoms with Gasteiger partial charge in [0.25, 0.3) is 0 Å². The number of Topliss-reactive ketones (excluding diaryl/α,β-unsaturated/α-hetero) is 1. The van der Waals surface area contributed by atoms with Crippen LogP contribution in [0.5, 0.6) is 0 Å². The van der Waals surface area contributed by atoms with Crippen LogP contribution in [0.3, 0.4) is 0 Å². The van der Waals surface area contributed by atoms with E-state index in [0.717, 1.165) is 25.7 Å². The topological polar surface area (TPSA) is 99.7 Å². The van der Waals surface area contributed by atoms with Crippen LogP contribution in [0, 0.1) is 5.82 Å². The van der Waals surface area contributed by atoms with Gasteiger partial charge in [-0.05, 0) is 37.2 Å². The number of nitrogens with zero attached hydrogens (tertiary/aromatic N) is 4. The average Bonchev–Trinajstić information content (AvgIpc) is 2.92. The second-order valence-electron chi connectivity index (χ2n) is 9.30. The minimum absolute atomic E-state index is 0.0503. The van der Waals surface area contributed by atoms with E-state index in [4.69, 9.17) is 4.74 Å². The lowest BCUT2D eigenvalue weighted by atomic mass is 10.0. The molecule has 4 rings (SSSR count). The van der Waals surface area contributed by atoms with E-state index in [0.29, 0.717) is 31.3 Å². The van der Waals surface area contributed by atoms with Gasteiger partial charge in [-0.3, -0.25) is 9.69 Å². The van der Waals surface area contributed by atoms with Crippen LogP contribution in [0.1, 0.15) is 37.2 Å². The number of amides is 2. The Bertz CT molecular complexity index is 1300. The summed E-state index contributed by atoms with van der Waals surface area (Å²) in [6, 6.07) is 0.480. The fraction of sp³-hybridized carbons (Fsp3) is 0.407. The first-order chi connectivity index (χ1) is 19.1. The number of halogens is 4. The number of piperazine rings is 1. The summed E-state index contributed by atoms with van der Waals surface area (Å²) >= 11 is 0. The van der Waals surface area contributed by atoms with Crippen LogP contribution in [-0.4, -0.2) is 70.9 Å². The lowest BCUT2D eigenvalue weighted by molar-refractivity contribution is -0.138. The number of benzene rings is 1. The summed E-state index contributed by atoms with van der Waals surface area (Å²) < 4.78 is 61.8. The Balaban J connectivity index is 1.43. The van der Waals surface area contributed by atoms with Crippen molar-refractivity contribution >= 4 is 28.8 Å². The van der Waals surface area contributed by atoms with Crippen molar-refractivity contribution in [1.29, 1.82) is 0 Å². The number of hydrogen-bond donors (Lipinski definition) is 2. The van der Waals surface area contributed by atoms with Gasteiger partial charge in [-0.2, -0.15) is 13.2 Å². The third kappa shape index (κ3) is 7.21. The van der Waals surface area contributed by atoms with Gasteiger partial charge in [-0.25, -0.2) is 19.2 Å². The Morgan fingerprint density at radius 3 is 2.35 bits per heavy atom. The monoisotopic (exact) mass is 562 g/mol. The molecule has 2 N–H and O–H groups in total. The molecule has 214 valence electrons. The summed E-state index contributed by atoms with van der Waals surface area (Å²) in [5.74, 6) is -0.657. The van der Waals surface area contributed by atoms with E-state index in [1.807, 2.05) is 11.8 Å². The number of rotatable bonds is 8. The zero-order valence-corrected chi connectivity index (χ0v) is 22.1. The maximum atomic E-state index is 14.9. The van der Waals surface area contributed by atoms with Gasteiger partial charge in [-0.15, -0.1) is 0 Å². The molecule has 2 aliphatic rings. The lowest BCUT2D eigenvalue weighted by Crippen LogP contribution is -2.45. The Morgan fingerprint density at radius 1 is 1.05 bits per heavy atom. The Hall–Kier alpha value is -3.84. The molecule has 2 amide bonds. The molecule has 2 heterocycles. The molecule has 0 radical (unpaired) electrons. The first-order valence-corrected chi connectivity index (χ1v) is 12.9. The Labute approximate surface area is 228 Å². The third-order valence-electron chi connectivity index (χ3n) is 6.59. The summed E-state index contributed by atoms with van der Waals surface area (Å²) in [6.45, 7) is 7.53. The number of ether oxygens (including phenoxy) is 1. The highest BCUT2D eigenvalue weighted by Gasteiger charge is 2.35. The highest BCUT2D eigenvalue weighted by Crippen LogP contribution is 2.36. The molecule has 1 aliphatic heterocycles. The summed E-state index contributed by atoms with van der Waals surface area (Å²) in [5.41, 5.74) is -1.11. The number of nitrogens with one attached hydrogen (secondary N) is 2. The molecule has 9 nitrogen and oxygen atoms in total. The second-order valence-corrected chi connectivity index (χ2v) is 9.30. The summed E-state index contributed by atoms with van der Waals surface area (Å²) in [6.07, 6.45) is 1.14. The number of aromatic nitrogens is 2. The second kappa shape index (κ2) is 12.6. The van der Waals surface area contributed by atoms with Crippen molar-refractivity contribution in [3.05, 3.63) is 65.2 Å². The molecule has 0 bridgehead atoms. The summed E-state index contributed by atoms with van der Waals surface area (Å²) in [5, 5.41) is 4.52. The highest BCUT2D eigenvalue weighted by atomic mass is 19.4. The molecule has 1 saturated heterocycles. The van der Waals surface area contributed by atoms with Crippen molar-refractivity contribution in [3.63, 3.8) is 0 Å². The van der Waals surface area contributed by atoms with Gasteiger partial charge >= 0.3 is 12.2 Å². The number of carbonyl (C=O) groups excluding carboxylic acids is 2. The van der Waals surface area contributed by atoms with Gasteiger partial charge in [-0.1, -0.05) is 13.0 Å². The van der Waals surface area contributed by atoms with Crippen molar-refractivity contribution in [1.82, 2.24) is 19.8 Å². The summed E-state index contributed by atoms with van der Waals surface area (Å²) in [7, 11) is 0. The van der Waals surface area contributed by atoms with Crippen molar-refractivity contribution in [2.45, 2.75) is 33.0 Å². The largest absolute Gasteiger partial charge is 0.490 e. The van der Waals surface area contributed by atoms with Crippen molar-refractivity contribution in [2.75, 3.05) is 50.0 Å². The number of carbonyl (C=O) groups is 2. The van der Waals surface area contributed by atoms with Crippen LogP contribution in [0.2, 0.25) is 0 Å². The number of likely N-dealkylation sites (N-methyl/N-ethyl adjacent to an activating group) is 1. The normalized spacial score (nSPS) is 16.8. The van der Waals surface area contributed by atoms with E-state index in [2.05, 4.69) is 25.5 Å². The molecule has 1 aromatic heterocycles. The van der Waals surface area contributed by atoms with Crippen LogP contribution < -0.4 is 10.6 Å². The number of hydrogen-bond acceptors (Lipinski definition) is 7. The molecule has 0 spiro atoms. The molecule has 40 heavy (non-hydrogen) atoms. The van der Waals surface area contributed by atoms with Crippen molar-refractivity contribution in [3.8, 4) is 0 Å². The zero-order valence-electron chi connectivity index (χ0n) is 22.1. The molecule has 1 aliphatic carbocycles. The minimum Gasteiger partial charge on any atom is -0.490 e. The van der Waals surface area contributed by atoms with Gasteiger partial charge < -0.3 is 20.3 Å². The Kier molecular flexibility index (Phi) is 9.15. The van der Waals surface area contributed by atoms with E-state index in [1.165, 1.54) is 18.5 Å². The smallest absolute Gasteiger partial charge is 0.416 e. The third-order valence-corrected chi connectivity index (χ3v) is 6.59. The SMILES string of the molecule is CCOC1=CC(c2ncc(NC(=O)Nc3cc(C(F)(F)F)c(CN4CCN(CC)CC4)cc3F)cn2)=CCC1=O. The minimum atomic E-state index is -4.74. The maximum Gasteiger partial charge on any atom is 0.416 e. The van der Waals surface area contributed by atoms with Crippen LogP contribution in [0.25, 0.3) is 5.57 Å². The molecule has 2 aromatic rings. The number of anilines is 2. The number of ketones is 1. The average molecular weight is 563 g/mol. The van der Waals surface area contributed by atoms with Gasteiger partial charge in [0.1, 0.15) is 5.82 Å². The van der Waals surface area contributed by atoms with Crippen LogP contribution in [0.4, 0.5) is 33.7 Å². The first kappa shape index (κ1) is 29.2. The van der Waals surface area contributed by atoms with Gasteiger partial charge in [0.2, 0.25) is 5.78 Å². The van der Waals surface area contributed by atoms with E-state index >= 15 is 0 Å². The molecule has 1 aromatic carbocycles. The molecule has 13 heteroatoms. The molecular formula is C27H30F4N6O3. The van der Waals surface area contributed by atoms with Crippen LogP contribution in [0.15, 0.2) is 42.4 Å². The quantitative estimate of drug-likeness (QED) is 0.451. The fourth-order valence-electron chi connectivity index (χ4n) is 4.45. The van der Waals surface area contributed by atoms with Gasteiger partial charge in [0.15, 0.2) is 11.6 Å². The predicted molar refractivity (Wildman–Crippen MR) is 141 cm³/mol. The number of urea groups is 1. The molecule has 1 fully saturated rings. The lowest BCUT2D eigenvalue weighted by Gasteiger charge is -2.34. The number of allylic oxidation sites excluding steroid dienone is 4. The molecule has 0 unspecified atom stereocenters. The standard InChI is InChI=1S/C27H30F4N6O3/c1-3-36-7-9-37(10-8-36)16-18-11-21(28)22(13-20(18)27(29,30)31)35-26(39)34-19-14-32-25(33-15-19)17-5-6-23(38)24(12-17)40-4-2/h5,11-15H,3-4,6-10,16H2,1-2H3,(H2,34,35,39). The first-order valence-electron chi connectivity index (χ1n) is 12.9. The van der Waals surface area contributed by atoms with E-state index < -0.39 is 29.3 Å². The number of alkyl halides is 3.